The third kappa shape index (κ3) is 1.62. The van der Waals surface area contributed by atoms with Gasteiger partial charge in [0.05, 0.1) is 0 Å². The summed E-state index contributed by atoms with van der Waals surface area (Å²) in [6.07, 6.45) is 0.684. The Morgan fingerprint density at radius 3 is 2.50 bits per heavy atom. The second-order valence-corrected chi connectivity index (χ2v) is 3.89. The lowest BCUT2D eigenvalue weighted by molar-refractivity contribution is 0.112. The van der Waals surface area contributed by atoms with Crippen LogP contribution >= 0.6 is 0 Å². The molecule has 0 N–H and O–H groups in total. The molecule has 1 aliphatic heterocycles. The molecule has 2 aromatic carbocycles. The number of benzene rings is 2. The first-order chi connectivity index (χ1) is 8.79. The highest BCUT2D eigenvalue weighted by Gasteiger charge is 2.19. The summed E-state index contributed by atoms with van der Waals surface area (Å²) in [7, 11) is 0. The topological polar surface area (TPSA) is 35.5 Å². The van der Waals surface area contributed by atoms with E-state index in [2.05, 4.69) is 0 Å². The summed E-state index contributed by atoms with van der Waals surface area (Å²) in [5, 5.41) is 0. The monoisotopic (exact) mass is 244 g/mol. The molecule has 0 radical (unpaired) electrons. The fourth-order valence-electron chi connectivity index (χ4n) is 1.97. The number of rotatable bonds is 2. The molecule has 0 aromatic heterocycles. The Labute approximate surface area is 103 Å². The Morgan fingerprint density at radius 2 is 1.78 bits per heavy atom. The largest absolute Gasteiger partial charge is 0.454 e. The van der Waals surface area contributed by atoms with Crippen molar-refractivity contribution in [2.24, 2.45) is 0 Å². The maximum atomic E-state index is 13.8. The molecule has 0 spiro atoms. The average Bonchev–Trinajstić information content (AvgIpc) is 2.85. The van der Waals surface area contributed by atoms with E-state index in [1.165, 1.54) is 6.07 Å². The van der Waals surface area contributed by atoms with Crippen LogP contribution in [0.2, 0.25) is 0 Å². The summed E-state index contributed by atoms with van der Waals surface area (Å²) in [5.41, 5.74) is 1.26. The lowest BCUT2D eigenvalue weighted by Crippen LogP contribution is -1.92. The van der Waals surface area contributed by atoms with Crippen molar-refractivity contribution in [2.75, 3.05) is 6.79 Å². The van der Waals surface area contributed by atoms with Crippen molar-refractivity contribution in [2.45, 2.75) is 0 Å². The molecule has 1 aliphatic rings. The molecule has 0 unspecified atom stereocenters. The highest BCUT2D eigenvalue weighted by molar-refractivity contribution is 5.89. The van der Waals surface area contributed by atoms with Crippen LogP contribution in [-0.4, -0.2) is 13.1 Å². The number of carbonyl (C=O) groups is 1. The van der Waals surface area contributed by atoms with Crippen LogP contribution in [0.5, 0.6) is 11.5 Å². The first-order valence-electron chi connectivity index (χ1n) is 5.43. The summed E-state index contributed by atoms with van der Waals surface area (Å²) >= 11 is 0. The van der Waals surface area contributed by atoms with Crippen LogP contribution in [0, 0.1) is 5.82 Å². The number of hydrogen-bond donors (Lipinski definition) is 0. The van der Waals surface area contributed by atoms with Crippen molar-refractivity contribution in [3.63, 3.8) is 0 Å². The predicted molar refractivity (Wildman–Crippen MR) is 63.3 cm³/mol. The Balaban J connectivity index is 2.23. The summed E-state index contributed by atoms with van der Waals surface area (Å²) in [6, 6.07) is 9.50. The smallest absolute Gasteiger partial charge is 0.231 e. The zero-order chi connectivity index (χ0) is 12.5. The summed E-state index contributed by atoms with van der Waals surface area (Å²) in [6.45, 7) is 0.119. The molecule has 0 fully saturated rings. The highest BCUT2D eigenvalue weighted by Crippen LogP contribution is 2.38. The second kappa shape index (κ2) is 4.14. The van der Waals surface area contributed by atoms with E-state index in [1.807, 2.05) is 0 Å². The molecule has 0 aliphatic carbocycles. The Hall–Kier alpha value is -2.36. The molecule has 0 saturated heterocycles. The van der Waals surface area contributed by atoms with E-state index in [4.69, 9.17) is 9.47 Å². The van der Waals surface area contributed by atoms with Crippen molar-refractivity contribution in [1.29, 1.82) is 0 Å². The number of hydrogen-bond acceptors (Lipinski definition) is 3. The minimum absolute atomic E-state index is 0.119. The van der Waals surface area contributed by atoms with E-state index in [0.29, 0.717) is 34.5 Å². The molecule has 18 heavy (non-hydrogen) atoms. The molecule has 0 amide bonds. The second-order valence-electron chi connectivity index (χ2n) is 3.89. The van der Waals surface area contributed by atoms with Crippen LogP contribution in [0.3, 0.4) is 0 Å². The van der Waals surface area contributed by atoms with Gasteiger partial charge in [-0.2, -0.15) is 0 Å². The van der Waals surface area contributed by atoms with Gasteiger partial charge in [-0.05, 0) is 23.8 Å². The molecular formula is C14H9FO3. The third-order valence-corrected chi connectivity index (χ3v) is 2.84. The maximum Gasteiger partial charge on any atom is 0.231 e. The van der Waals surface area contributed by atoms with Crippen molar-refractivity contribution < 1.29 is 18.7 Å². The lowest BCUT2D eigenvalue weighted by Gasteiger charge is -2.07. The summed E-state index contributed by atoms with van der Waals surface area (Å²) in [5.74, 6) is 0.663. The predicted octanol–water partition coefficient (Wildman–Crippen LogP) is 3.03. The fourth-order valence-corrected chi connectivity index (χ4v) is 1.97. The molecule has 2 aromatic rings. The fraction of sp³-hybridized carbons (Fsp3) is 0.0714. The minimum Gasteiger partial charge on any atom is -0.454 e. The van der Waals surface area contributed by atoms with E-state index in [1.54, 1.807) is 30.3 Å². The van der Waals surface area contributed by atoms with Gasteiger partial charge in [0.15, 0.2) is 17.8 Å². The third-order valence-electron chi connectivity index (χ3n) is 2.84. The van der Waals surface area contributed by atoms with Crippen molar-refractivity contribution in [3.8, 4) is 22.6 Å². The van der Waals surface area contributed by atoms with Gasteiger partial charge in [0.2, 0.25) is 6.79 Å². The first-order valence-corrected chi connectivity index (χ1v) is 5.43. The van der Waals surface area contributed by atoms with Gasteiger partial charge in [-0.15, -0.1) is 0 Å². The van der Waals surface area contributed by atoms with E-state index < -0.39 is 0 Å². The molecule has 90 valence electrons. The number of fused-ring (bicyclic) bond motifs is 1. The van der Waals surface area contributed by atoms with Gasteiger partial charge < -0.3 is 9.47 Å². The van der Waals surface area contributed by atoms with E-state index in [-0.39, 0.29) is 12.6 Å². The number of carbonyl (C=O) groups excluding carboxylic acids is 1. The molecule has 0 saturated carbocycles. The van der Waals surface area contributed by atoms with Crippen molar-refractivity contribution in [3.05, 3.63) is 47.8 Å². The van der Waals surface area contributed by atoms with Crippen LogP contribution < -0.4 is 9.47 Å². The van der Waals surface area contributed by atoms with Gasteiger partial charge in [0, 0.05) is 11.1 Å². The van der Waals surface area contributed by atoms with Crippen LogP contribution in [0.15, 0.2) is 36.4 Å². The molecule has 1 heterocycles. The zero-order valence-electron chi connectivity index (χ0n) is 9.35. The minimum atomic E-state index is -0.375. The Bertz CT molecular complexity index is 622. The molecule has 3 nitrogen and oxygen atoms in total. The Morgan fingerprint density at radius 1 is 1.06 bits per heavy atom. The molecule has 0 bridgehead atoms. The highest BCUT2D eigenvalue weighted by atomic mass is 19.1. The normalized spacial score (nSPS) is 12.5. The van der Waals surface area contributed by atoms with Crippen LogP contribution in [-0.2, 0) is 0 Å². The first kappa shape index (κ1) is 10.8. The van der Waals surface area contributed by atoms with E-state index in [0.717, 1.165) is 0 Å². The SMILES string of the molecule is O=Cc1cc2c(cc1-c1ccccc1F)OCO2. The van der Waals surface area contributed by atoms with Gasteiger partial charge in [0.25, 0.3) is 0 Å². The summed E-state index contributed by atoms with van der Waals surface area (Å²) < 4.78 is 24.2. The van der Waals surface area contributed by atoms with Gasteiger partial charge in [-0.25, -0.2) is 4.39 Å². The molecule has 0 atom stereocenters. The van der Waals surface area contributed by atoms with Gasteiger partial charge in [0.1, 0.15) is 5.82 Å². The van der Waals surface area contributed by atoms with Crippen molar-refractivity contribution in [1.82, 2.24) is 0 Å². The van der Waals surface area contributed by atoms with E-state index in [9.17, 15) is 9.18 Å². The van der Waals surface area contributed by atoms with Gasteiger partial charge in [-0.1, -0.05) is 18.2 Å². The van der Waals surface area contributed by atoms with Crippen LogP contribution in [0.25, 0.3) is 11.1 Å². The van der Waals surface area contributed by atoms with Gasteiger partial charge >= 0.3 is 0 Å². The van der Waals surface area contributed by atoms with E-state index >= 15 is 0 Å². The lowest BCUT2D eigenvalue weighted by atomic mass is 9.99. The average molecular weight is 244 g/mol. The van der Waals surface area contributed by atoms with Crippen molar-refractivity contribution >= 4 is 6.29 Å². The van der Waals surface area contributed by atoms with Gasteiger partial charge in [-0.3, -0.25) is 4.79 Å². The Kier molecular flexibility index (Phi) is 2.48. The number of aldehydes is 1. The zero-order valence-corrected chi connectivity index (χ0v) is 9.35. The summed E-state index contributed by atoms with van der Waals surface area (Å²) in [4.78, 5) is 11.1. The standard InChI is InChI=1S/C14H9FO3/c15-12-4-2-1-3-10(12)11-6-14-13(17-8-18-14)5-9(11)7-16/h1-7H,8H2. The number of ether oxygens (including phenoxy) is 2. The molecule has 3 rings (SSSR count). The maximum absolute atomic E-state index is 13.8. The molecular weight excluding hydrogens is 235 g/mol. The quantitative estimate of drug-likeness (QED) is 0.762. The number of halogens is 1. The van der Waals surface area contributed by atoms with Crippen LogP contribution in [0.1, 0.15) is 10.4 Å². The molecule has 4 heteroatoms. The van der Waals surface area contributed by atoms with Crippen LogP contribution in [0.4, 0.5) is 4.39 Å².